The summed E-state index contributed by atoms with van der Waals surface area (Å²) < 4.78 is 35.7. The van der Waals surface area contributed by atoms with E-state index in [4.69, 9.17) is 4.74 Å². The predicted octanol–water partition coefficient (Wildman–Crippen LogP) is 3.90. The number of nitrogens with zero attached hydrogens (tertiary/aromatic N) is 3. The number of ether oxygens (including phenoxy) is 1. The average Bonchev–Trinajstić information content (AvgIpc) is 2.94. The molecule has 0 unspecified atom stereocenters. The lowest BCUT2D eigenvalue weighted by Gasteiger charge is -2.15. The molecule has 0 spiro atoms. The number of aromatic nitrogens is 3. The summed E-state index contributed by atoms with van der Waals surface area (Å²) in [5.74, 6) is -1.54. The SMILES string of the molecule is CCn1c(-c2cc(F)c(F)cc2OC)nn2c(C)cc(C(C)C)c2c1=O. The standard InChI is InChI=1S/C19H21F2N3O2/c1-6-23-18(13-8-14(20)15(21)9-16(13)26-5)22-24-11(4)7-12(10(2)3)17(24)19(23)25/h7-10H,6H2,1-5H3. The van der Waals surface area contributed by atoms with Crippen LogP contribution in [0.2, 0.25) is 0 Å². The van der Waals surface area contributed by atoms with Crippen LogP contribution in [0, 0.1) is 18.6 Å². The van der Waals surface area contributed by atoms with E-state index in [0.29, 0.717) is 12.1 Å². The lowest BCUT2D eigenvalue weighted by Crippen LogP contribution is -2.26. The van der Waals surface area contributed by atoms with Crippen LogP contribution >= 0.6 is 0 Å². The van der Waals surface area contributed by atoms with Gasteiger partial charge in [-0.05, 0) is 37.5 Å². The number of hydrogen-bond donors (Lipinski definition) is 0. The van der Waals surface area contributed by atoms with E-state index in [2.05, 4.69) is 5.10 Å². The molecular formula is C19H21F2N3O2. The Morgan fingerprint density at radius 2 is 1.85 bits per heavy atom. The number of methoxy groups -OCH3 is 1. The quantitative estimate of drug-likeness (QED) is 0.708. The van der Waals surface area contributed by atoms with Crippen molar-refractivity contribution in [1.29, 1.82) is 0 Å². The van der Waals surface area contributed by atoms with Crippen LogP contribution in [0.25, 0.3) is 16.9 Å². The van der Waals surface area contributed by atoms with Gasteiger partial charge in [0.2, 0.25) is 0 Å². The second-order valence-corrected chi connectivity index (χ2v) is 6.50. The molecule has 3 rings (SSSR count). The van der Waals surface area contributed by atoms with E-state index >= 15 is 0 Å². The Bertz CT molecular complexity index is 1050. The topological polar surface area (TPSA) is 48.5 Å². The molecule has 7 heteroatoms. The lowest BCUT2D eigenvalue weighted by molar-refractivity contribution is 0.407. The molecule has 0 saturated heterocycles. The summed E-state index contributed by atoms with van der Waals surface area (Å²) in [4.78, 5) is 13.1. The van der Waals surface area contributed by atoms with E-state index in [1.54, 1.807) is 11.4 Å². The third kappa shape index (κ3) is 2.67. The van der Waals surface area contributed by atoms with Gasteiger partial charge in [0.25, 0.3) is 5.56 Å². The normalized spacial score (nSPS) is 11.5. The number of aryl methyl sites for hydroxylation is 1. The number of rotatable bonds is 4. The van der Waals surface area contributed by atoms with E-state index in [0.717, 1.165) is 23.4 Å². The van der Waals surface area contributed by atoms with Gasteiger partial charge in [-0.2, -0.15) is 0 Å². The fourth-order valence-electron chi connectivity index (χ4n) is 3.17. The summed E-state index contributed by atoms with van der Waals surface area (Å²) in [5.41, 5.74) is 2.22. The van der Waals surface area contributed by atoms with Crippen molar-refractivity contribution in [3.63, 3.8) is 0 Å². The van der Waals surface area contributed by atoms with Crippen LogP contribution in [0.4, 0.5) is 8.78 Å². The van der Waals surface area contributed by atoms with Crippen molar-refractivity contribution in [2.75, 3.05) is 7.11 Å². The second-order valence-electron chi connectivity index (χ2n) is 6.50. The van der Waals surface area contributed by atoms with Gasteiger partial charge in [-0.15, -0.1) is 5.10 Å². The number of halogens is 2. The highest BCUT2D eigenvalue weighted by molar-refractivity contribution is 5.67. The van der Waals surface area contributed by atoms with Gasteiger partial charge >= 0.3 is 0 Å². The third-order valence-corrected chi connectivity index (χ3v) is 4.50. The van der Waals surface area contributed by atoms with Crippen LogP contribution in [-0.2, 0) is 6.54 Å². The average molecular weight is 361 g/mol. The summed E-state index contributed by atoms with van der Waals surface area (Å²) >= 11 is 0. The maximum atomic E-state index is 13.9. The summed E-state index contributed by atoms with van der Waals surface area (Å²) in [6.45, 7) is 8.02. The van der Waals surface area contributed by atoms with E-state index in [1.807, 2.05) is 26.8 Å². The molecule has 138 valence electrons. The molecule has 0 fully saturated rings. The first-order chi connectivity index (χ1) is 12.3. The van der Waals surface area contributed by atoms with Crippen molar-refractivity contribution in [1.82, 2.24) is 14.2 Å². The van der Waals surface area contributed by atoms with Crippen LogP contribution in [0.3, 0.4) is 0 Å². The minimum absolute atomic E-state index is 0.117. The molecule has 26 heavy (non-hydrogen) atoms. The Kier molecular flexibility index (Phi) is 4.56. The molecule has 0 bridgehead atoms. The van der Waals surface area contributed by atoms with Crippen molar-refractivity contribution in [3.05, 3.63) is 51.4 Å². The van der Waals surface area contributed by atoms with Crippen molar-refractivity contribution in [2.24, 2.45) is 0 Å². The van der Waals surface area contributed by atoms with Crippen molar-refractivity contribution in [3.8, 4) is 17.1 Å². The lowest BCUT2D eigenvalue weighted by atomic mass is 10.1. The van der Waals surface area contributed by atoms with E-state index in [1.165, 1.54) is 11.7 Å². The van der Waals surface area contributed by atoms with Gasteiger partial charge in [-0.1, -0.05) is 13.8 Å². The highest BCUT2D eigenvalue weighted by atomic mass is 19.2. The highest BCUT2D eigenvalue weighted by Crippen LogP contribution is 2.31. The smallest absolute Gasteiger partial charge is 0.278 e. The molecule has 0 radical (unpaired) electrons. The summed E-state index contributed by atoms with van der Waals surface area (Å²) in [7, 11) is 1.36. The molecule has 0 aliphatic rings. The Balaban J connectivity index is 2.44. The molecule has 0 N–H and O–H groups in total. The zero-order valence-corrected chi connectivity index (χ0v) is 15.4. The predicted molar refractivity (Wildman–Crippen MR) is 95.9 cm³/mol. The number of fused-ring (bicyclic) bond motifs is 1. The fraction of sp³-hybridized carbons (Fsp3) is 0.368. The van der Waals surface area contributed by atoms with Gasteiger partial charge in [0.1, 0.15) is 11.3 Å². The van der Waals surface area contributed by atoms with Crippen LogP contribution in [0.15, 0.2) is 23.0 Å². The first-order valence-electron chi connectivity index (χ1n) is 8.46. The van der Waals surface area contributed by atoms with Crippen LogP contribution in [0.5, 0.6) is 5.75 Å². The molecule has 1 aromatic carbocycles. The molecule has 2 heterocycles. The monoisotopic (exact) mass is 361 g/mol. The molecular weight excluding hydrogens is 340 g/mol. The Morgan fingerprint density at radius 1 is 1.19 bits per heavy atom. The van der Waals surface area contributed by atoms with Crippen molar-refractivity contribution >= 4 is 5.52 Å². The maximum Gasteiger partial charge on any atom is 0.278 e. The third-order valence-electron chi connectivity index (χ3n) is 4.50. The Morgan fingerprint density at radius 3 is 2.42 bits per heavy atom. The van der Waals surface area contributed by atoms with E-state index in [9.17, 15) is 13.6 Å². The first kappa shape index (κ1) is 18.1. The highest BCUT2D eigenvalue weighted by Gasteiger charge is 2.22. The van der Waals surface area contributed by atoms with Gasteiger partial charge in [-0.3, -0.25) is 9.36 Å². The maximum absolute atomic E-state index is 13.9. The molecule has 0 amide bonds. The minimum Gasteiger partial charge on any atom is -0.496 e. The van der Waals surface area contributed by atoms with Gasteiger partial charge in [0, 0.05) is 18.3 Å². The Hall–Kier alpha value is -2.70. The molecule has 2 aromatic heterocycles. The van der Waals surface area contributed by atoms with Gasteiger partial charge in [0.15, 0.2) is 17.5 Å². The Labute approximate surface area is 149 Å². The minimum atomic E-state index is -1.02. The molecule has 5 nitrogen and oxygen atoms in total. The zero-order valence-electron chi connectivity index (χ0n) is 15.4. The van der Waals surface area contributed by atoms with E-state index < -0.39 is 11.6 Å². The second kappa shape index (κ2) is 6.55. The molecule has 0 aliphatic heterocycles. The summed E-state index contributed by atoms with van der Waals surface area (Å²) in [6.07, 6.45) is 0. The van der Waals surface area contributed by atoms with Crippen LogP contribution in [-0.4, -0.2) is 21.3 Å². The summed E-state index contributed by atoms with van der Waals surface area (Å²) in [5, 5.41) is 4.57. The van der Waals surface area contributed by atoms with Crippen LogP contribution in [0.1, 0.15) is 37.9 Å². The number of hydrogen-bond acceptors (Lipinski definition) is 3. The first-order valence-corrected chi connectivity index (χ1v) is 8.46. The van der Waals surface area contributed by atoms with Crippen LogP contribution < -0.4 is 10.3 Å². The molecule has 0 aliphatic carbocycles. The molecule has 3 aromatic rings. The van der Waals surface area contributed by atoms with Crippen molar-refractivity contribution in [2.45, 2.75) is 40.2 Å². The fourth-order valence-corrected chi connectivity index (χ4v) is 3.17. The zero-order chi connectivity index (χ0) is 19.2. The van der Waals surface area contributed by atoms with Crippen molar-refractivity contribution < 1.29 is 13.5 Å². The van der Waals surface area contributed by atoms with E-state index in [-0.39, 0.29) is 28.6 Å². The van der Waals surface area contributed by atoms with Gasteiger partial charge in [-0.25, -0.2) is 13.3 Å². The molecule has 0 atom stereocenters. The molecule has 0 saturated carbocycles. The summed E-state index contributed by atoms with van der Waals surface area (Å²) in [6, 6.07) is 3.90. The number of benzene rings is 1. The van der Waals surface area contributed by atoms with Gasteiger partial charge < -0.3 is 4.74 Å². The van der Waals surface area contributed by atoms with Gasteiger partial charge in [0.05, 0.1) is 12.7 Å². The largest absolute Gasteiger partial charge is 0.496 e.